The van der Waals surface area contributed by atoms with E-state index in [9.17, 15) is 0 Å². The third kappa shape index (κ3) is 7.23. The van der Waals surface area contributed by atoms with Crippen LogP contribution < -0.4 is 0 Å². The van der Waals surface area contributed by atoms with Gasteiger partial charge in [0, 0.05) is 18.8 Å². The first kappa shape index (κ1) is 11.9. The number of unbranched alkanes of at least 4 members (excludes halogenated alkanes) is 2. The normalized spacial score (nSPS) is 9.69. The fraction of sp³-hybridized carbons (Fsp3) is 0.545. The molecule has 0 aromatic rings. The number of rotatable bonds is 6. The second-order valence-electron chi connectivity index (χ2n) is 2.83. The summed E-state index contributed by atoms with van der Waals surface area (Å²) in [6.45, 7) is 5.56. The lowest BCUT2D eigenvalue weighted by atomic mass is 10.1. The molecule has 13 heavy (non-hydrogen) atoms. The van der Waals surface area contributed by atoms with Gasteiger partial charge in [-0.1, -0.05) is 25.5 Å². The summed E-state index contributed by atoms with van der Waals surface area (Å²) >= 11 is 0. The Morgan fingerprint density at radius 3 is 2.77 bits per heavy atom. The van der Waals surface area contributed by atoms with Gasteiger partial charge in [0.15, 0.2) is 0 Å². The predicted molar refractivity (Wildman–Crippen MR) is 59.7 cm³/mol. The van der Waals surface area contributed by atoms with E-state index in [4.69, 9.17) is 0 Å². The van der Waals surface area contributed by atoms with Crippen molar-refractivity contribution in [3.05, 3.63) is 17.5 Å². The molecule has 0 radical (unpaired) electrons. The van der Waals surface area contributed by atoms with E-state index in [1.165, 1.54) is 19.3 Å². The van der Waals surface area contributed by atoms with Gasteiger partial charge in [0.2, 0.25) is 0 Å². The summed E-state index contributed by atoms with van der Waals surface area (Å²) in [5, 5.41) is 0. The Bertz CT molecular complexity index is 220. The number of hydrogen-bond acceptors (Lipinski definition) is 2. The second-order valence-corrected chi connectivity index (χ2v) is 2.83. The molecular formula is C11H18N2. The molecule has 2 nitrogen and oxygen atoms in total. The lowest BCUT2D eigenvalue weighted by Crippen LogP contribution is -1.84. The van der Waals surface area contributed by atoms with Crippen molar-refractivity contribution in [2.24, 2.45) is 9.98 Å². The standard InChI is InChI=1S/C11H18N2/c1-4-5-6-7-11(10-13-3)8-9-12-2/h9-10H,2,4-7H2,1,3H3. The minimum Gasteiger partial charge on any atom is -0.296 e. The Balaban J connectivity index is 4.10. The van der Waals surface area contributed by atoms with E-state index in [1.807, 2.05) is 6.21 Å². The van der Waals surface area contributed by atoms with Gasteiger partial charge in [0.25, 0.3) is 0 Å². The van der Waals surface area contributed by atoms with Crippen molar-refractivity contribution in [2.75, 3.05) is 7.05 Å². The number of aliphatic imine (C=N–C) groups is 2. The van der Waals surface area contributed by atoms with Crippen LogP contribution in [0.15, 0.2) is 27.5 Å². The van der Waals surface area contributed by atoms with E-state index < -0.39 is 0 Å². The zero-order valence-electron chi connectivity index (χ0n) is 8.58. The van der Waals surface area contributed by atoms with Crippen molar-refractivity contribution in [1.29, 1.82) is 0 Å². The molecule has 0 saturated heterocycles. The van der Waals surface area contributed by atoms with Crippen LogP contribution in [0.4, 0.5) is 0 Å². The second kappa shape index (κ2) is 8.95. The van der Waals surface area contributed by atoms with Crippen molar-refractivity contribution in [1.82, 2.24) is 0 Å². The predicted octanol–water partition coefficient (Wildman–Crippen LogP) is 3.01. The molecule has 0 fully saturated rings. The molecule has 0 aromatic heterocycles. The Hall–Kier alpha value is -1.14. The third-order valence-electron chi connectivity index (χ3n) is 1.68. The molecule has 0 bridgehead atoms. The summed E-state index contributed by atoms with van der Waals surface area (Å²) in [5.41, 5.74) is 4.14. The van der Waals surface area contributed by atoms with Crippen LogP contribution in [0.5, 0.6) is 0 Å². The summed E-state index contributed by atoms with van der Waals surface area (Å²) in [4.78, 5) is 7.58. The molecular weight excluding hydrogens is 160 g/mol. The maximum absolute atomic E-state index is 3.96. The highest BCUT2D eigenvalue weighted by atomic mass is 14.6. The molecule has 72 valence electrons. The Morgan fingerprint density at radius 2 is 2.23 bits per heavy atom. The van der Waals surface area contributed by atoms with Gasteiger partial charge in [0.05, 0.1) is 6.20 Å². The Morgan fingerprint density at radius 1 is 1.46 bits per heavy atom. The molecule has 0 aromatic carbocycles. The van der Waals surface area contributed by atoms with Gasteiger partial charge in [-0.15, -0.1) is 0 Å². The molecule has 0 heterocycles. The molecule has 0 unspecified atom stereocenters. The smallest absolute Gasteiger partial charge is 0.0682 e. The van der Waals surface area contributed by atoms with Crippen LogP contribution in [-0.4, -0.2) is 20.0 Å². The Kier molecular flexibility index (Phi) is 8.17. The lowest BCUT2D eigenvalue weighted by molar-refractivity contribution is 0.723. The first-order valence-electron chi connectivity index (χ1n) is 4.67. The molecule has 0 aliphatic rings. The number of allylic oxidation sites excluding steroid dienone is 1. The fourth-order valence-electron chi connectivity index (χ4n) is 1.02. The highest BCUT2D eigenvalue weighted by Gasteiger charge is 1.91. The average molecular weight is 178 g/mol. The van der Waals surface area contributed by atoms with E-state index >= 15 is 0 Å². The SMILES string of the molecule is C=NC=C=C(C=NC)CCCCC. The summed E-state index contributed by atoms with van der Waals surface area (Å²) in [6.07, 6.45) is 8.12. The maximum atomic E-state index is 3.96. The van der Waals surface area contributed by atoms with Gasteiger partial charge in [-0.2, -0.15) is 0 Å². The van der Waals surface area contributed by atoms with Crippen molar-refractivity contribution >= 4 is 12.9 Å². The number of nitrogens with zero attached hydrogens (tertiary/aromatic N) is 2. The van der Waals surface area contributed by atoms with Crippen molar-refractivity contribution < 1.29 is 0 Å². The van der Waals surface area contributed by atoms with Crippen LogP contribution in [0, 0.1) is 0 Å². The molecule has 0 aliphatic carbocycles. The molecule has 0 rings (SSSR count). The van der Waals surface area contributed by atoms with Gasteiger partial charge in [-0.3, -0.25) is 9.98 Å². The summed E-state index contributed by atoms with van der Waals surface area (Å²) in [6, 6.07) is 0. The van der Waals surface area contributed by atoms with E-state index in [1.54, 1.807) is 13.2 Å². The summed E-state index contributed by atoms with van der Waals surface area (Å²) in [7, 11) is 1.77. The van der Waals surface area contributed by atoms with Gasteiger partial charge < -0.3 is 0 Å². The quantitative estimate of drug-likeness (QED) is 0.339. The molecule has 0 amide bonds. The highest BCUT2D eigenvalue weighted by Crippen LogP contribution is 2.05. The minimum absolute atomic E-state index is 1.02. The van der Waals surface area contributed by atoms with E-state index in [-0.39, 0.29) is 0 Å². The molecule has 2 heteroatoms. The largest absolute Gasteiger partial charge is 0.296 e. The first-order chi connectivity index (χ1) is 6.35. The number of hydrogen-bond donors (Lipinski definition) is 0. The van der Waals surface area contributed by atoms with Crippen LogP contribution >= 0.6 is 0 Å². The van der Waals surface area contributed by atoms with Gasteiger partial charge in [-0.05, 0) is 19.6 Å². The Labute approximate surface area is 80.8 Å². The van der Waals surface area contributed by atoms with Crippen molar-refractivity contribution in [3.8, 4) is 0 Å². The van der Waals surface area contributed by atoms with Crippen LogP contribution in [-0.2, 0) is 0 Å². The van der Waals surface area contributed by atoms with Gasteiger partial charge in [-0.25, -0.2) is 0 Å². The monoisotopic (exact) mass is 178 g/mol. The minimum atomic E-state index is 1.02. The molecule has 0 spiro atoms. The average Bonchev–Trinajstić information content (AvgIpc) is 2.14. The van der Waals surface area contributed by atoms with Crippen LogP contribution in [0.3, 0.4) is 0 Å². The van der Waals surface area contributed by atoms with E-state index in [0.717, 1.165) is 12.0 Å². The highest BCUT2D eigenvalue weighted by molar-refractivity contribution is 5.77. The fourth-order valence-corrected chi connectivity index (χ4v) is 1.02. The zero-order chi connectivity index (χ0) is 9.94. The molecule has 0 saturated carbocycles. The van der Waals surface area contributed by atoms with Gasteiger partial charge >= 0.3 is 0 Å². The first-order valence-corrected chi connectivity index (χ1v) is 4.67. The lowest BCUT2D eigenvalue weighted by Gasteiger charge is -1.96. The van der Waals surface area contributed by atoms with Gasteiger partial charge in [0.1, 0.15) is 0 Å². The summed E-state index contributed by atoms with van der Waals surface area (Å²) < 4.78 is 0. The van der Waals surface area contributed by atoms with Crippen molar-refractivity contribution in [3.63, 3.8) is 0 Å². The van der Waals surface area contributed by atoms with Crippen LogP contribution in [0.25, 0.3) is 0 Å². The molecule has 0 aliphatic heterocycles. The van der Waals surface area contributed by atoms with E-state index in [2.05, 4.69) is 29.4 Å². The van der Waals surface area contributed by atoms with Crippen LogP contribution in [0.2, 0.25) is 0 Å². The van der Waals surface area contributed by atoms with Crippen molar-refractivity contribution in [2.45, 2.75) is 32.6 Å². The third-order valence-corrected chi connectivity index (χ3v) is 1.68. The van der Waals surface area contributed by atoms with Crippen LogP contribution in [0.1, 0.15) is 32.6 Å². The summed E-state index contributed by atoms with van der Waals surface area (Å²) in [5.74, 6) is 0. The topological polar surface area (TPSA) is 24.7 Å². The maximum Gasteiger partial charge on any atom is 0.0682 e. The molecule has 0 atom stereocenters. The zero-order valence-corrected chi connectivity index (χ0v) is 8.58. The molecule has 0 N–H and O–H groups in total. The van der Waals surface area contributed by atoms with E-state index in [0.29, 0.717) is 0 Å².